The minimum Gasteiger partial charge on any atom is -0.461 e. The van der Waals surface area contributed by atoms with Crippen molar-refractivity contribution in [2.75, 3.05) is 26.2 Å². The minimum absolute atomic E-state index is 0.0308. The molecule has 158 valence electrons. The number of amides is 1. The van der Waals surface area contributed by atoms with Crippen LogP contribution in [0.2, 0.25) is 0 Å². The molecule has 1 saturated heterocycles. The van der Waals surface area contributed by atoms with Gasteiger partial charge < -0.3 is 13.8 Å². The van der Waals surface area contributed by atoms with Gasteiger partial charge in [0, 0.05) is 39.0 Å². The molecular weight excluding hydrogens is 408 g/mol. The van der Waals surface area contributed by atoms with Crippen LogP contribution in [-0.2, 0) is 27.0 Å². The summed E-state index contributed by atoms with van der Waals surface area (Å²) in [5.41, 5.74) is 0.754. The largest absolute Gasteiger partial charge is 0.461 e. The summed E-state index contributed by atoms with van der Waals surface area (Å²) in [6, 6.07) is 12.6. The first kappa shape index (κ1) is 20.3. The van der Waals surface area contributed by atoms with Crippen molar-refractivity contribution in [3.05, 3.63) is 60.2 Å². The summed E-state index contributed by atoms with van der Waals surface area (Å²) in [5.74, 6) is 1.12. The summed E-state index contributed by atoms with van der Waals surface area (Å²) < 4.78 is 37.1. The van der Waals surface area contributed by atoms with Gasteiger partial charge in [0.2, 0.25) is 27.6 Å². The molecule has 1 aliphatic heterocycles. The number of carbonyl (C=O) groups excluding carboxylic acids is 1. The lowest BCUT2D eigenvalue weighted by Crippen LogP contribution is -2.50. The van der Waals surface area contributed by atoms with Gasteiger partial charge in [-0.3, -0.25) is 4.79 Å². The maximum absolute atomic E-state index is 12.6. The molecular formula is C20H22N4O5S. The van der Waals surface area contributed by atoms with Gasteiger partial charge >= 0.3 is 0 Å². The van der Waals surface area contributed by atoms with Gasteiger partial charge in [-0.15, -0.1) is 0 Å². The zero-order chi connectivity index (χ0) is 21.0. The Hall–Kier alpha value is -2.98. The van der Waals surface area contributed by atoms with Crippen molar-refractivity contribution in [1.82, 2.24) is 19.3 Å². The number of hydrogen-bond acceptors (Lipinski definition) is 7. The number of furan rings is 1. The van der Waals surface area contributed by atoms with E-state index in [4.69, 9.17) is 8.94 Å². The summed E-state index contributed by atoms with van der Waals surface area (Å²) in [4.78, 5) is 18.4. The predicted molar refractivity (Wildman–Crippen MR) is 108 cm³/mol. The summed E-state index contributed by atoms with van der Waals surface area (Å²) in [5, 5.41) is 3.84. The zero-order valence-electron chi connectivity index (χ0n) is 16.3. The van der Waals surface area contributed by atoms with Crippen LogP contribution in [0.3, 0.4) is 0 Å². The zero-order valence-corrected chi connectivity index (χ0v) is 17.1. The van der Waals surface area contributed by atoms with E-state index >= 15 is 0 Å². The number of benzene rings is 1. The van der Waals surface area contributed by atoms with Gasteiger partial charge in [0.15, 0.2) is 5.76 Å². The van der Waals surface area contributed by atoms with E-state index in [1.165, 1.54) is 10.6 Å². The predicted octanol–water partition coefficient (Wildman–Crippen LogP) is 1.94. The van der Waals surface area contributed by atoms with Crippen LogP contribution in [0.4, 0.5) is 0 Å². The Morgan fingerprint density at radius 1 is 1.03 bits per heavy atom. The molecule has 30 heavy (non-hydrogen) atoms. The summed E-state index contributed by atoms with van der Waals surface area (Å²) in [6.45, 7) is 1.33. The van der Waals surface area contributed by atoms with Crippen LogP contribution in [-0.4, -0.2) is 59.8 Å². The highest BCUT2D eigenvalue weighted by molar-refractivity contribution is 7.88. The second-order valence-corrected chi connectivity index (χ2v) is 8.98. The molecule has 0 N–H and O–H groups in total. The van der Waals surface area contributed by atoms with E-state index in [1.807, 2.05) is 18.2 Å². The SMILES string of the molecule is O=C(CCc1nc(-c2ccco2)no1)N1CCN(S(=O)(=O)Cc2ccccc2)CC1. The minimum atomic E-state index is -3.41. The van der Waals surface area contributed by atoms with E-state index in [0.29, 0.717) is 50.1 Å². The molecule has 0 atom stereocenters. The quantitative estimate of drug-likeness (QED) is 0.563. The Balaban J connectivity index is 1.26. The number of nitrogens with zero attached hydrogens (tertiary/aromatic N) is 4. The van der Waals surface area contributed by atoms with E-state index in [9.17, 15) is 13.2 Å². The standard InChI is InChI=1S/C20H22N4O5S/c25-19(9-8-18-21-20(22-29-18)17-7-4-14-28-17)23-10-12-24(13-11-23)30(26,27)15-16-5-2-1-3-6-16/h1-7,14H,8-13,15H2. The van der Waals surface area contributed by atoms with Crippen LogP contribution >= 0.6 is 0 Å². The van der Waals surface area contributed by atoms with Crippen molar-refractivity contribution < 1.29 is 22.2 Å². The first-order valence-corrected chi connectivity index (χ1v) is 11.3. The number of sulfonamides is 1. The van der Waals surface area contributed by atoms with Gasteiger partial charge in [-0.2, -0.15) is 9.29 Å². The lowest BCUT2D eigenvalue weighted by molar-refractivity contribution is -0.132. The van der Waals surface area contributed by atoms with Gasteiger partial charge in [0.25, 0.3) is 0 Å². The average Bonchev–Trinajstić information content (AvgIpc) is 3.44. The smallest absolute Gasteiger partial charge is 0.238 e. The van der Waals surface area contributed by atoms with E-state index < -0.39 is 10.0 Å². The van der Waals surface area contributed by atoms with Crippen LogP contribution in [0, 0.1) is 0 Å². The van der Waals surface area contributed by atoms with Gasteiger partial charge in [0.1, 0.15) is 0 Å². The fourth-order valence-electron chi connectivity index (χ4n) is 3.33. The third kappa shape index (κ3) is 4.77. The molecule has 1 amide bonds. The molecule has 0 unspecified atom stereocenters. The molecule has 2 aromatic heterocycles. The number of carbonyl (C=O) groups is 1. The van der Waals surface area contributed by atoms with Gasteiger partial charge in [-0.1, -0.05) is 35.5 Å². The molecule has 1 aliphatic rings. The number of hydrogen-bond donors (Lipinski definition) is 0. The summed E-state index contributed by atoms with van der Waals surface area (Å²) >= 11 is 0. The molecule has 3 heterocycles. The van der Waals surface area contributed by atoms with Crippen molar-refractivity contribution in [2.24, 2.45) is 0 Å². The molecule has 4 rings (SSSR count). The maximum Gasteiger partial charge on any atom is 0.238 e. The van der Waals surface area contributed by atoms with Crippen LogP contribution in [0.5, 0.6) is 0 Å². The lowest BCUT2D eigenvalue weighted by atomic mass is 10.2. The maximum atomic E-state index is 12.6. The molecule has 0 bridgehead atoms. The summed E-state index contributed by atoms with van der Waals surface area (Å²) in [6.07, 6.45) is 2.06. The van der Waals surface area contributed by atoms with Crippen molar-refractivity contribution >= 4 is 15.9 Å². The van der Waals surface area contributed by atoms with Crippen LogP contribution in [0.25, 0.3) is 11.6 Å². The lowest BCUT2D eigenvalue weighted by Gasteiger charge is -2.34. The Morgan fingerprint density at radius 3 is 2.50 bits per heavy atom. The Kier molecular flexibility index (Phi) is 5.96. The van der Waals surface area contributed by atoms with Gasteiger partial charge in [-0.05, 0) is 17.7 Å². The second kappa shape index (κ2) is 8.80. The molecule has 9 nitrogen and oxygen atoms in total. The fraction of sp³-hybridized carbons (Fsp3) is 0.350. The van der Waals surface area contributed by atoms with Crippen molar-refractivity contribution in [3.63, 3.8) is 0 Å². The topological polar surface area (TPSA) is 110 Å². The molecule has 1 aromatic carbocycles. The number of piperazine rings is 1. The Morgan fingerprint density at radius 2 is 1.80 bits per heavy atom. The van der Waals surface area contributed by atoms with Crippen LogP contribution in [0.1, 0.15) is 17.9 Å². The Labute approximate surface area is 174 Å². The highest BCUT2D eigenvalue weighted by atomic mass is 32.2. The van der Waals surface area contributed by atoms with E-state index in [-0.39, 0.29) is 18.1 Å². The van der Waals surface area contributed by atoms with Crippen LogP contribution in [0.15, 0.2) is 57.7 Å². The normalized spacial score (nSPS) is 15.4. The monoisotopic (exact) mass is 430 g/mol. The van der Waals surface area contributed by atoms with Crippen molar-refractivity contribution in [3.8, 4) is 11.6 Å². The highest BCUT2D eigenvalue weighted by Crippen LogP contribution is 2.17. The Bertz CT molecular complexity index is 1070. The summed E-state index contributed by atoms with van der Waals surface area (Å²) in [7, 11) is -3.41. The molecule has 10 heteroatoms. The third-order valence-corrected chi connectivity index (χ3v) is 6.79. The molecule has 3 aromatic rings. The molecule has 0 spiro atoms. The van der Waals surface area contributed by atoms with Crippen molar-refractivity contribution in [2.45, 2.75) is 18.6 Å². The van der Waals surface area contributed by atoms with Gasteiger partial charge in [-0.25, -0.2) is 8.42 Å². The molecule has 0 saturated carbocycles. The molecule has 0 radical (unpaired) electrons. The van der Waals surface area contributed by atoms with E-state index in [2.05, 4.69) is 10.1 Å². The highest BCUT2D eigenvalue weighted by Gasteiger charge is 2.29. The number of aromatic nitrogens is 2. The van der Waals surface area contributed by atoms with Gasteiger partial charge in [0.05, 0.1) is 12.0 Å². The molecule has 0 aliphatic carbocycles. The number of aryl methyl sites for hydroxylation is 1. The average molecular weight is 430 g/mol. The van der Waals surface area contributed by atoms with Crippen LogP contribution < -0.4 is 0 Å². The number of rotatable bonds is 7. The first-order valence-electron chi connectivity index (χ1n) is 9.67. The van der Waals surface area contributed by atoms with E-state index in [0.717, 1.165) is 5.56 Å². The first-order chi connectivity index (χ1) is 14.5. The van der Waals surface area contributed by atoms with E-state index in [1.54, 1.807) is 29.2 Å². The third-order valence-electron chi connectivity index (χ3n) is 4.94. The van der Waals surface area contributed by atoms with Crippen molar-refractivity contribution in [1.29, 1.82) is 0 Å². The molecule has 1 fully saturated rings. The second-order valence-electron chi connectivity index (χ2n) is 7.01. The fourth-order valence-corrected chi connectivity index (χ4v) is 4.84.